The van der Waals surface area contributed by atoms with Gasteiger partial charge in [-0.1, -0.05) is 194 Å². The number of nitrogens with zero attached hydrogens (tertiary/aromatic N) is 3. The normalized spacial score (nSPS) is 11.2. The van der Waals surface area contributed by atoms with Crippen LogP contribution in [0.2, 0.25) is 0 Å². The van der Waals surface area contributed by atoms with Crippen LogP contribution in [0.25, 0.3) is 111 Å². The highest BCUT2D eigenvalue weighted by Gasteiger charge is 2.17. The van der Waals surface area contributed by atoms with Gasteiger partial charge in [0.05, 0.1) is 22.6 Å². The smallest absolute Gasteiger partial charge is 0.160 e. The van der Waals surface area contributed by atoms with Gasteiger partial charge in [-0.05, 0) is 97.7 Å². The van der Waals surface area contributed by atoms with Gasteiger partial charge in [-0.3, -0.25) is 0 Å². The van der Waals surface area contributed by atoms with Crippen molar-refractivity contribution < 1.29 is 0 Å². The van der Waals surface area contributed by atoms with E-state index < -0.39 is 0 Å². The zero-order valence-electron chi connectivity index (χ0n) is 33.9. The van der Waals surface area contributed by atoms with Gasteiger partial charge in [-0.25, -0.2) is 15.0 Å². The standard InChI is InChI=1S/C59H39N3/c1-6-18-40(19-7-1)47-35-48(41-20-8-2-9-21-41)37-49(36-47)57-39-56(44-26-14-5-15-27-44)61-59(62-57)46-29-16-28-45(34-46)50-30-17-31-52-51(50)32-33-54-58(52)53(42-22-10-3-11-23-42)38-55(60-54)43-24-12-4-13-25-43/h1-39H. The molecule has 0 atom stereocenters. The van der Waals surface area contributed by atoms with Crippen molar-refractivity contribution in [2.24, 2.45) is 0 Å². The third-order valence-electron chi connectivity index (χ3n) is 11.7. The van der Waals surface area contributed by atoms with E-state index in [1.807, 2.05) is 12.1 Å². The fourth-order valence-electron chi connectivity index (χ4n) is 8.62. The van der Waals surface area contributed by atoms with E-state index in [0.717, 1.165) is 106 Å². The molecule has 0 N–H and O–H groups in total. The summed E-state index contributed by atoms with van der Waals surface area (Å²) in [6.07, 6.45) is 0. The maximum absolute atomic E-state index is 5.37. The Morgan fingerprint density at radius 1 is 0.226 bits per heavy atom. The Balaban J connectivity index is 1.07. The summed E-state index contributed by atoms with van der Waals surface area (Å²) >= 11 is 0. The Kier molecular flexibility index (Phi) is 9.53. The average Bonchev–Trinajstić information content (AvgIpc) is 3.36. The van der Waals surface area contributed by atoms with Crippen molar-refractivity contribution in [1.29, 1.82) is 0 Å². The molecule has 0 spiro atoms. The van der Waals surface area contributed by atoms with Crippen LogP contribution in [0.5, 0.6) is 0 Å². The summed E-state index contributed by atoms with van der Waals surface area (Å²) in [7, 11) is 0. The number of benzene rings is 9. The van der Waals surface area contributed by atoms with Crippen LogP contribution in [0.3, 0.4) is 0 Å². The van der Waals surface area contributed by atoms with E-state index in [0.29, 0.717) is 5.82 Å². The summed E-state index contributed by atoms with van der Waals surface area (Å²) in [4.78, 5) is 15.9. The predicted molar refractivity (Wildman–Crippen MR) is 258 cm³/mol. The first kappa shape index (κ1) is 36.8. The molecule has 0 saturated carbocycles. The Bertz CT molecular complexity index is 3310. The molecule has 0 radical (unpaired) electrons. The molecule has 2 heterocycles. The predicted octanol–water partition coefficient (Wildman–Crippen LogP) is 15.5. The molecule has 0 bridgehead atoms. The van der Waals surface area contributed by atoms with Gasteiger partial charge in [-0.2, -0.15) is 0 Å². The minimum absolute atomic E-state index is 0.671. The van der Waals surface area contributed by atoms with E-state index in [2.05, 4.69) is 224 Å². The van der Waals surface area contributed by atoms with Gasteiger partial charge in [0.15, 0.2) is 5.82 Å². The third-order valence-corrected chi connectivity index (χ3v) is 11.7. The molecule has 290 valence electrons. The van der Waals surface area contributed by atoms with Crippen molar-refractivity contribution in [3.05, 3.63) is 237 Å². The first-order chi connectivity index (χ1) is 30.7. The fourth-order valence-corrected chi connectivity index (χ4v) is 8.62. The van der Waals surface area contributed by atoms with E-state index >= 15 is 0 Å². The molecule has 3 nitrogen and oxygen atoms in total. The Labute approximate surface area is 361 Å². The second-order valence-corrected chi connectivity index (χ2v) is 15.6. The molecule has 0 aliphatic heterocycles. The van der Waals surface area contributed by atoms with E-state index in [-0.39, 0.29) is 0 Å². The summed E-state index contributed by atoms with van der Waals surface area (Å²) in [5.41, 5.74) is 16.9. The molecule has 0 saturated heterocycles. The number of pyridine rings is 1. The van der Waals surface area contributed by atoms with Gasteiger partial charge in [0.1, 0.15) is 0 Å². The van der Waals surface area contributed by atoms with Crippen LogP contribution in [-0.2, 0) is 0 Å². The molecule has 0 amide bonds. The fraction of sp³-hybridized carbons (Fsp3) is 0. The summed E-state index contributed by atoms with van der Waals surface area (Å²) in [6.45, 7) is 0. The van der Waals surface area contributed by atoms with Gasteiger partial charge in [0, 0.05) is 27.6 Å². The highest BCUT2D eigenvalue weighted by molar-refractivity contribution is 6.17. The quantitative estimate of drug-likeness (QED) is 0.144. The molecule has 0 aliphatic carbocycles. The topological polar surface area (TPSA) is 38.7 Å². The minimum Gasteiger partial charge on any atom is -0.248 e. The second kappa shape index (κ2) is 16.1. The molecular formula is C59H39N3. The zero-order chi connectivity index (χ0) is 41.2. The lowest BCUT2D eigenvalue weighted by Crippen LogP contribution is -1.97. The molecular weight excluding hydrogens is 751 g/mol. The number of rotatable bonds is 8. The van der Waals surface area contributed by atoms with E-state index in [9.17, 15) is 0 Å². The lowest BCUT2D eigenvalue weighted by Gasteiger charge is -2.15. The summed E-state index contributed by atoms with van der Waals surface area (Å²) < 4.78 is 0. The largest absolute Gasteiger partial charge is 0.248 e. The molecule has 11 rings (SSSR count). The third kappa shape index (κ3) is 7.12. The van der Waals surface area contributed by atoms with Crippen molar-refractivity contribution in [3.8, 4) is 89.7 Å². The average molecular weight is 790 g/mol. The lowest BCUT2D eigenvalue weighted by molar-refractivity contribution is 1.18. The monoisotopic (exact) mass is 789 g/mol. The van der Waals surface area contributed by atoms with Gasteiger partial charge < -0.3 is 0 Å². The maximum atomic E-state index is 5.37. The number of fused-ring (bicyclic) bond motifs is 3. The van der Waals surface area contributed by atoms with E-state index in [1.165, 1.54) is 0 Å². The number of hydrogen-bond donors (Lipinski definition) is 0. The molecule has 0 fully saturated rings. The van der Waals surface area contributed by atoms with Crippen LogP contribution < -0.4 is 0 Å². The molecule has 9 aromatic carbocycles. The second-order valence-electron chi connectivity index (χ2n) is 15.6. The highest BCUT2D eigenvalue weighted by atomic mass is 14.9. The number of aromatic nitrogens is 3. The van der Waals surface area contributed by atoms with Crippen LogP contribution >= 0.6 is 0 Å². The summed E-state index contributed by atoms with van der Waals surface area (Å²) in [5, 5.41) is 3.46. The van der Waals surface area contributed by atoms with Crippen LogP contribution in [0.4, 0.5) is 0 Å². The van der Waals surface area contributed by atoms with Crippen molar-refractivity contribution in [2.75, 3.05) is 0 Å². The molecule has 0 unspecified atom stereocenters. The van der Waals surface area contributed by atoms with Crippen LogP contribution in [0.15, 0.2) is 237 Å². The first-order valence-corrected chi connectivity index (χ1v) is 21.0. The van der Waals surface area contributed by atoms with Crippen LogP contribution in [0.1, 0.15) is 0 Å². The Morgan fingerprint density at radius 2 is 0.677 bits per heavy atom. The van der Waals surface area contributed by atoms with Crippen molar-refractivity contribution in [1.82, 2.24) is 15.0 Å². The zero-order valence-corrected chi connectivity index (χ0v) is 33.9. The Morgan fingerprint density at radius 3 is 1.27 bits per heavy atom. The molecule has 2 aromatic heterocycles. The van der Waals surface area contributed by atoms with Crippen LogP contribution in [-0.4, -0.2) is 15.0 Å². The Hall–Kier alpha value is -8.27. The van der Waals surface area contributed by atoms with Gasteiger partial charge in [0.25, 0.3) is 0 Å². The van der Waals surface area contributed by atoms with E-state index in [1.54, 1.807) is 0 Å². The summed E-state index contributed by atoms with van der Waals surface area (Å²) in [5.74, 6) is 0.671. The molecule has 11 aromatic rings. The van der Waals surface area contributed by atoms with Gasteiger partial charge >= 0.3 is 0 Å². The van der Waals surface area contributed by atoms with Gasteiger partial charge in [-0.15, -0.1) is 0 Å². The minimum atomic E-state index is 0.671. The summed E-state index contributed by atoms with van der Waals surface area (Å²) in [6, 6.07) is 83.4. The highest BCUT2D eigenvalue weighted by Crippen LogP contribution is 2.41. The maximum Gasteiger partial charge on any atom is 0.160 e. The van der Waals surface area contributed by atoms with Crippen molar-refractivity contribution in [2.45, 2.75) is 0 Å². The lowest BCUT2D eigenvalue weighted by atomic mass is 9.91. The molecule has 3 heteroatoms. The van der Waals surface area contributed by atoms with E-state index in [4.69, 9.17) is 15.0 Å². The first-order valence-electron chi connectivity index (χ1n) is 21.0. The van der Waals surface area contributed by atoms with Crippen LogP contribution in [0, 0.1) is 0 Å². The SMILES string of the molecule is c1ccc(-c2cc(-c3ccccc3)cc(-c3cc(-c4ccccc4)nc(-c4cccc(-c5cccc6c5ccc5nc(-c7ccccc7)cc(-c7ccccc7)c56)c4)n3)c2)cc1. The molecule has 0 aliphatic rings. The molecule has 62 heavy (non-hydrogen) atoms. The number of hydrogen-bond acceptors (Lipinski definition) is 3. The van der Waals surface area contributed by atoms with Gasteiger partial charge in [0.2, 0.25) is 0 Å². The van der Waals surface area contributed by atoms with Crippen molar-refractivity contribution in [3.63, 3.8) is 0 Å². The van der Waals surface area contributed by atoms with Crippen molar-refractivity contribution >= 4 is 21.7 Å².